The molecule has 1 aliphatic rings. The van der Waals surface area contributed by atoms with Gasteiger partial charge in [0.2, 0.25) is 11.8 Å². The normalized spacial score (nSPS) is 14.8. The van der Waals surface area contributed by atoms with E-state index in [0.29, 0.717) is 52.3 Å². The molecule has 0 radical (unpaired) electrons. The third-order valence-corrected chi connectivity index (χ3v) is 5.57. The summed E-state index contributed by atoms with van der Waals surface area (Å²) in [5, 5.41) is 5.72. The molecule has 2 aromatic rings. The first-order valence-electron chi connectivity index (χ1n) is 9.41. The molecule has 3 rings (SSSR count). The van der Waals surface area contributed by atoms with Gasteiger partial charge in [-0.05, 0) is 0 Å². The quantitative estimate of drug-likeness (QED) is 0.673. The molecular weight excluding hydrogens is 376 g/mol. The van der Waals surface area contributed by atoms with Crippen LogP contribution in [-0.4, -0.2) is 79.6 Å². The first-order chi connectivity index (χ1) is 13.7. The van der Waals surface area contributed by atoms with Gasteiger partial charge in [-0.3, -0.25) is 14.5 Å². The molecule has 28 heavy (non-hydrogen) atoms. The molecule has 0 bridgehead atoms. The molecule has 1 aromatic carbocycles. The second-order valence-corrected chi connectivity index (χ2v) is 7.54. The fraction of sp³-hybridized carbons (Fsp3) is 0.450. The molecule has 0 saturated carbocycles. The van der Waals surface area contributed by atoms with E-state index in [1.54, 1.807) is 18.4 Å². The van der Waals surface area contributed by atoms with Crippen LogP contribution < -0.4 is 5.32 Å². The predicted molar refractivity (Wildman–Crippen MR) is 109 cm³/mol. The molecule has 0 spiro atoms. The minimum absolute atomic E-state index is 0.00672. The highest BCUT2D eigenvalue weighted by Gasteiger charge is 2.23. The number of carbonyl (C=O) groups excluding carboxylic acids is 2. The summed E-state index contributed by atoms with van der Waals surface area (Å²) in [5.41, 5.74) is 1.89. The number of hydrogen-bond donors (Lipinski definition) is 1. The van der Waals surface area contributed by atoms with Crippen molar-refractivity contribution in [2.45, 2.75) is 6.42 Å². The topological polar surface area (TPSA) is 74.8 Å². The lowest BCUT2D eigenvalue weighted by molar-refractivity contribution is -0.132. The lowest BCUT2D eigenvalue weighted by Gasteiger charge is -2.34. The van der Waals surface area contributed by atoms with Crippen LogP contribution in [0.5, 0.6) is 0 Å². The summed E-state index contributed by atoms with van der Waals surface area (Å²) in [5.74, 6) is 0.0850. The number of nitrogens with one attached hydrogen (secondary N) is 1. The van der Waals surface area contributed by atoms with Crippen LogP contribution in [0.2, 0.25) is 0 Å². The summed E-state index contributed by atoms with van der Waals surface area (Å²) in [6.07, 6.45) is 0.320. The van der Waals surface area contributed by atoms with E-state index in [1.165, 1.54) is 0 Å². The summed E-state index contributed by atoms with van der Waals surface area (Å²) in [6, 6.07) is 9.99. The number of thiazole rings is 1. The van der Waals surface area contributed by atoms with Crippen LogP contribution in [0.1, 0.15) is 5.69 Å². The molecule has 8 heteroatoms. The molecule has 1 fully saturated rings. The van der Waals surface area contributed by atoms with Gasteiger partial charge in [-0.2, -0.15) is 0 Å². The molecular formula is C20H26N4O3S. The van der Waals surface area contributed by atoms with Gasteiger partial charge in [0.15, 0.2) is 0 Å². The van der Waals surface area contributed by atoms with Crippen LogP contribution in [0.15, 0.2) is 35.7 Å². The van der Waals surface area contributed by atoms with Gasteiger partial charge >= 0.3 is 0 Å². The van der Waals surface area contributed by atoms with Crippen LogP contribution in [0.3, 0.4) is 0 Å². The number of amides is 2. The molecule has 1 N–H and O–H groups in total. The van der Waals surface area contributed by atoms with Crippen LogP contribution >= 0.6 is 11.3 Å². The summed E-state index contributed by atoms with van der Waals surface area (Å²) < 4.78 is 4.92. The maximum absolute atomic E-state index is 12.6. The zero-order chi connectivity index (χ0) is 19.8. The van der Waals surface area contributed by atoms with Crippen LogP contribution in [0, 0.1) is 0 Å². The molecule has 0 aliphatic carbocycles. The van der Waals surface area contributed by atoms with Crippen molar-refractivity contribution >= 4 is 23.2 Å². The molecule has 2 amide bonds. The monoisotopic (exact) mass is 402 g/mol. The van der Waals surface area contributed by atoms with Crippen molar-refractivity contribution in [1.82, 2.24) is 20.1 Å². The number of hydrogen-bond acceptors (Lipinski definition) is 6. The molecule has 1 aliphatic heterocycles. The minimum Gasteiger partial charge on any atom is -0.383 e. The Morgan fingerprint density at radius 3 is 2.64 bits per heavy atom. The van der Waals surface area contributed by atoms with Crippen LogP contribution in [0.25, 0.3) is 10.6 Å². The standard InChI is InChI=1S/C20H26N4O3S/c1-27-12-7-21-18(25)14-23-8-10-24(11-9-23)19(26)13-17-15-28-20(22-17)16-5-3-2-4-6-16/h2-6,15H,7-14H2,1H3,(H,21,25). The number of ether oxygens (including phenoxy) is 1. The van der Waals surface area contributed by atoms with E-state index in [2.05, 4.69) is 15.2 Å². The van der Waals surface area contributed by atoms with Gasteiger partial charge in [-0.15, -0.1) is 11.3 Å². The maximum atomic E-state index is 12.6. The van der Waals surface area contributed by atoms with Crippen molar-refractivity contribution in [2.24, 2.45) is 0 Å². The predicted octanol–water partition coefficient (Wildman–Crippen LogP) is 1.26. The summed E-state index contributed by atoms with van der Waals surface area (Å²) in [6.45, 7) is 4.08. The molecule has 1 aromatic heterocycles. The lowest BCUT2D eigenvalue weighted by Crippen LogP contribution is -2.51. The van der Waals surface area contributed by atoms with E-state index in [4.69, 9.17) is 4.74 Å². The number of aromatic nitrogens is 1. The Kier molecular flexibility index (Phi) is 7.53. The van der Waals surface area contributed by atoms with E-state index >= 15 is 0 Å². The fourth-order valence-corrected chi connectivity index (χ4v) is 3.90. The maximum Gasteiger partial charge on any atom is 0.234 e. The second kappa shape index (κ2) is 10.3. The highest BCUT2D eigenvalue weighted by atomic mass is 32.1. The Balaban J connectivity index is 1.43. The van der Waals surface area contributed by atoms with Gasteiger partial charge in [0.1, 0.15) is 5.01 Å². The summed E-state index contributed by atoms with van der Waals surface area (Å²) in [4.78, 5) is 33.0. The largest absolute Gasteiger partial charge is 0.383 e. The number of nitrogens with zero attached hydrogens (tertiary/aromatic N) is 3. The molecule has 2 heterocycles. The molecule has 7 nitrogen and oxygen atoms in total. The zero-order valence-corrected chi connectivity index (χ0v) is 16.9. The van der Waals surface area contributed by atoms with Crippen LogP contribution in [0.4, 0.5) is 0 Å². The number of benzene rings is 1. The van der Waals surface area contributed by atoms with E-state index in [1.807, 2.05) is 40.6 Å². The van der Waals surface area contributed by atoms with Crippen molar-refractivity contribution < 1.29 is 14.3 Å². The average Bonchev–Trinajstić information content (AvgIpc) is 3.18. The SMILES string of the molecule is COCCNC(=O)CN1CCN(C(=O)Cc2csc(-c3ccccc3)n2)CC1. The van der Waals surface area contributed by atoms with E-state index in [0.717, 1.165) is 16.3 Å². The van der Waals surface area contributed by atoms with Crippen molar-refractivity contribution in [3.63, 3.8) is 0 Å². The van der Waals surface area contributed by atoms with Gasteiger partial charge in [-0.25, -0.2) is 4.98 Å². The molecule has 150 valence electrons. The number of carbonyl (C=O) groups is 2. The van der Waals surface area contributed by atoms with Crippen molar-refractivity contribution in [3.8, 4) is 10.6 Å². The Morgan fingerprint density at radius 2 is 1.93 bits per heavy atom. The molecule has 0 atom stereocenters. The van der Waals surface area contributed by atoms with Crippen LogP contribution in [-0.2, 0) is 20.7 Å². The van der Waals surface area contributed by atoms with E-state index < -0.39 is 0 Å². The first kappa shape index (κ1) is 20.4. The fourth-order valence-electron chi connectivity index (χ4n) is 3.08. The van der Waals surface area contributed by atoms with Gasteiger partial charge in [0.25, 0.3) is 0 Å². The third-order valence-electron chi connectivity index (χ3n) is 4.63. The smallest absolute Gasteiger partial charge is 0.234 e. The van der Waals surface area contributed by atoms with Gasteiger partial charge in [0, 0.05) is 50.8 Å². The van der Waals surface area contributed by atoms with E-state index in [-0.39, 0.29) is 11.8 Å². The van der Waals surface area contributed by atoms with Gasteiger partial charge in [0.05, 0.1) is 25.3 Å². The van der Waals surface area contributed by atoms with Crippen molar-refractivity contribution in [2.75, 3.05) is 53.0 Å². The van der Waals surface area contributed by atoms with Crippen molar-refractivity contribution in [3.05, 3.63) is 41.4 Å². The molecule has 1 saturated heterocycles. The highest BCUT2D eigenvalue weighted by molar-refractivity contribution is 7.13. The second-order valence-electron chi connectivity index (χ2n) is 6.69. The zero-order valence-electron chi connectivity index (χ0n) is 16.1. The molecule has 0 unspecified atom stereocenters. The number of methoxy groups -OCH3 is 1. The Labute approximate surface area is 169 Å². The van der Waals surface area contributed by atoms with Crippen molar-refractivity contribution in [1.29, 1.82) is 0 Å². The highest BCUT2D eigenvalue weighted by Crippen LogP contribution is 2.23. The van der Waals surface area contributed by atoms with Gasteiger partial charge < -0.3 is 15.0 Å². The summed E-state index contributed by atoms with van der Waals surface area (Å²) >= 11 is 1.56. The summed E-state index contributed by atoms with van der Waals surface area (Å²) in [7, 11) is 1.61. The number of piperazine rings is 1. The van der Waals surface area contributed by atoms with Gasteiger partial charge in [-0.1, -0.05) is 30.3 Å². The Bertz CT molecular complexity index is 773. The Hall–Kier alpha value is -2.29. The number of rotatable bonds is 8. The Morgan fingerprint density at radius 1 is 1.18 bits per heavy atom. The first-order valence-corrected chi connectivity index (χ1v) is 10.3. The average molecular weight is 403 g/mol. The third kappa shape index (κ3) is 5.85. The van der Waals surface area contributed by atoms with E-state index in [9.17, 15) is 9.59 Å². The minimum atomic E-state index is -0.00672. The lowest BCUT2D eigenvalue weighted by atomic mass is 10.2.